The molecule has 0 spiro atoms. The largest absolute Gasteiger partial charge is 0.378 e. The molecule has 4 heteroatoms. The third-order valence-electron chi connectivity index (χ3n) is 3.03. The Morgan fingerprint density at radius 3 is 3.00 bits per heavy atom. The highest BCUT2D eigenvalue weighted by Crippen LogP contribution is 2.10. The monoisotopic (exact) mass is 225 g/mol. The highest BCUT2D eigenvalue weighted by molar-refractivity contribution is 4.93. The zero-order valence-corrected chi connectivity index (χ0v) is 10.4. The van der Waals surface area contributed by atoms with E-state index in [0.717, 1.165) is 45.7 Å². The van der Waals surface area contributed by atoms with Gasteiger partial charge >= 0.3 is 0 Å². The Morgan fingerprint density at radius 2 is 2.38 bits per heavy atom. The second-order valence-corrected chi connectivity index (χ2v) is 4.27. The van der Waals surface area contributed by atoms with E-state index in [0.29, 0.717) is 6.04 Å². The summed E-state index contributed by atoms with van der Waals surface area (Å²) in [5.74, 6) is 0. The molecule has 0 radical (unpaired) electrons. The minimum absolute atomic E-state index is 0.0490. The first-order chi connectivity index (χ1) is 7.81. The molecule has 1 heterocycles. The molecule has 0 bridgehead atoms. The Morgan fingerprint density at radius 1 is 1.56 bits per heavy atom. The molecular formula is C12H23N3O. The van der Waals surface area contributed by atoms with Gasteiger partial charge in [-0.25, -0.2) is 0 Å². The maximum atomic E-state index is 9.07. The van der Waals surface area contributed by atoms with Crippen LogP contribution in [0.3, 0.4) is 0 Å². The number of nitriles is 1. The van der Waals surface area contributed by atoms with Crippen LogP contribution < -0.4 is 5.32 Å². The van der Waals surface area contributed by atoms with Crippen LogP contribution in [-0.2, 0) is 4.74 Å². The summed E-state index contributed by atoms with van der Waals surface area (Å²) in [5, 5.41) is 12.3. The highest BCUT2D eigenvalue weighted by Gasteiger charge is 2.23. The molecule has 4 nitrogen and oxygen atoms in total. The lowest BCUT2D eigenvalue weighted by atomic mass is 10.1. The molecule has 0 aromatic rings. The number of nitrogens with zero attached hydrogens (tertiary/aromatic N) is 2. The SMILES string of the molecule is CCCNC(C#N)CN1CCOCC1CC. The lowest BCUT2D eigenvalue weighted by Crippen LogP contribution is -2.50. The molecule has 0 aromatic heterocycles. The zero-order chi connectivity index (χ0) is 11.8. The van der Waals surface area contributed by atoms with Gasteiger partial charge in [0.25, 0.3) is 0 Å². The predicted octanol–water partition coefficient (Wildman–Crippen LogP) is 0.989. The maximum Gasteiger partial charge on any atom is 0.108 e. The van der Waals surface area contributed by atoms with Gasteiger partial charge < -0.3 is 10.1 Å². The third-order valence-corrected chi connectivity index (χ3v) is 3.03. The zero-order valence-electron chi connectivity index (χ0n) is 10.4. The summed E-state index contributed by atoms with van der Waals surface area (Å²) in [5.41, 5.74) is 0. The Balaban J connectivity index is 2.39. The molecule has 0 saturated carbocycles. The molecule has 2 unspecified atom stereocenters. The van der Waals surface area contributed by atoms with E-state index in [1.165, 1.54) is 0 Å². The maximum absolute atomic E-state index is 9.07. The van der Waals surface area contributed by atoms with E-state index in [1.807, 2.05) is 0 Å². The van der Waals surface area contributed by atoms with Gasteiger partial charge in [0.2, 0.25) is 0 Å². The van der Waals surface area contributed by atoms with Gasteiger partial charge in [-0.1, -0.05) is 13.8 Å². The van der Waals surface area contributed by atoms with Crippen molar-refractivity contribution in [3.05, 3.63) is 0 Å². The Labute approximate surface area is 98.6 Å². The van der Waals surface area contributed by atoms with Gasteiger partial charge in [0, 0.05) is 19.1 Å². The lowest BCUT2D eigenvalue weighted by molar-refractivity contribution is -0.0103. The van der Waals surface area contributed by atoms with Crippen molar-refractivity contribution in [3.63, 3.8) is 0 Å². The van der Waals surface area contributed by atoms with Crippen LogP contribution in [0, 0.1) is 11.3 Å². The molecule has 0 amide bonds. The normalized spacial score (nSPS) is 23.9. The van der Waals surface area contributed by atoms with Crippen LogP contribution in [0.5, 0.6) is 0 Å². The van der Waals surface area contributed by atoms with Crippen molar-refractivity contribution >= 4 is 0 Å². The molecule has 1 N–H and O–H groups in total. The average molecular weight is 225 g/mol. The van der Waals surface area contributed by atoms with Gasteiger partial charge in [0.1, 0.15) is 6.04 Å². The van der Waals surface area contributed by atoms with Gasteiger partial charge in [0.15, 0.2) is 0 Å². The quantitative estimate of drug-likeness (QED) is 0.732. The van der Waals surface area contributed by atoms with Gasteiger partial charge in [-0.3, -0.25) is 4.90 Å². The number of rotatable bonds is 6. The minimum atomic E-state index is -0.0490. The molecular weight excluding hydrogens is 202 g/mol. The van der Waals surface area contributed by atoms with Crippen molar-refractivity contribution in [2.75, 3.05) is 32.8 Å². The Bertz CT molecular complexity index is 227. The second kappa shape index (κ2) is 7.61. The van der Waals surface area contributed by atoms with E-state index in [-0.39, 0.29) is 6.04 Å². The van der Waals surface area contributed by atoms with Gasteiger partial charge in [-0.15, -0.1) is 0 Å². The molecule has 0 aromatic carbocycles. The minimum Gasteiger partial charge on any atom is -0.378 e. The highest BCUT2D eigenvalue weighted by atomic mass is 16.5. The summed E-state index contributed by atoms with van der Waals surface area (Å²) in [6.45, 7) is 8.57. The fraction of sp³-hybridized carbons (Fsp3) is 0.917. The average Bonchev–Trinajstić information content (AvgIpc) is 2.34. The molecule has 1 aliphatic heterocycles. The van der Waals surface area contributed by atoms with Crippen molar-refractivity contribution in [2.24, 2.45) is 0 Å². The van der Waals surface area contributed by atoms with Crippen LogP contribution in [0.1, 0.15) is 26.7 Å². The molecule has 92 valence electrons. The number of hydrogen-bond donors (Lipinski definition) is 1. The van der Waals surface area contributed by atoms with Gasteiger partial charge in [-0.05, 0) is 19.4 Å². The van der Waals surface area contributed by atoms with E-state index in [9.17, 15) is 0 Å². The smallest absolute Gasteiger partial charge is 0.108 e. The summed E-state index contributed by atoms with van der Waals surface area (Å²) in [6, 6.07) is 2.77. The van der Waals surface area contributed by atoms with Crippen LogP contribution in [0.4, 0.5) is 0 Å². The van der Waals surface area contributed by atoms with Crippen LogP contribution >= 0.6 is 0 Å². The molecule has 1 rings (SSSR count). The Hall–Kier alpha value is -0.630. The Kier molecular flexibility index (Phi) is 6.39. The van der Waals surface area contributed by atoms with Crippen molar-refractivity contribution in [2.45, 2.75) is 38.8 Å². The van der Waals surface area contributed by atoms with Crippen LogP contribution in [0.25, 0.3) is 0 Å². The van der Waals surface area contributed by atoms with E-state index in [2.05, 4.69) is 30.1 Å². The molecule has 2 atom stereocenters. The van der Waals surface area contributed by atoms with E-state index in [4.69, 9.17) is 10.00 Å². The number of ether oxygens (including phenoxy) is 1. The van der Waals surface area contributed by atoms with Crippen molar-refractivity contribution in [1.82, 2.24) is 10.2 Å². The van der Waals surface area contributed by atoms with Gasteiger partial charge in [0.05, 0.1) is 19.3 Å². The summed E-state index contributed by atoms with van der Waals surface area (Å²) in [4.78, 5) is 2.38. The summed E-state index contributed by atoms with van der Waals surface area (Å²) >= 11 is 0. The third kappa shape index (κ3) is 4.09. The second-order valence-electron chi connectivity index (χ2n) is 4.27. The molecule has 1 saturated heterocycles. The topological polar surface area (TPSA) is 48.3 Å². The van der Waals surface area contributed by atoms with Crippen molar-refractivity contribution in [3.8, 4) is 6.07 Å². The molecule has 0 aliphatic carbocycles. The standard InChI is InChI=1S/C12H23N3O/c1-3-5-14-11(8-13)9-15-6-7-16-10-12(15)4-2/h11-12,14H,3-7,9-10H2,1-2H3. The first-order valence-corrected chi connectivity index (χ1v) is 6.26. The fourth-order valence-corrected chi connectivity index (χ4v) is 2.01. The van der Waals surface area contributed by atoms with E-state index >= 15 is 0 Å². The van der Waals surface area contributed by atoms with E-state index in [1.54, 1.807) is 0 Å². The fourth-order valence-electron chi connectivity index (χ4n) is 2.01. The van der Waals surface area contributed by atoms with Crippen LogP contribution in [0.2, 0.25) is 0 Å². The number of hydrogen-bond acceptors (Lipinski definition) is 4. The molecule has 1 fully saturated rings. The first-order valence-electron chi connectivity index (χ1n) is 6.26. The van der Waals surface area contributed by atoms with Crippen LogP contribution in [0.15, 0.2) is 0 Å². The summed E-state index contributed by atoms with van der Waals surface area (Å²) < 4.78 is 5.45. The first kappa shape index (κ1) is 13.4. The molecule has 1 aliphatic rings. The van der Waals surface area contributed by atoms with Gasteiger partial charge in [-0.2, -0.15) is 5.26 Å². The summed E-state index contributed by atoms with van der Waals surface area (Å²) in [6.07, 6.45) is 2.16. The van der Waals surface area contributed by atoms with E-state index < -0.39 is 0 Å². The van der Waals surface area contributed by atoms with Crippen molar-refractivity contribution in [1.29, 1.82) is 5.26 Å². The lowest BCUT2D eigenvalue weighted by Gasteiger charge is -2.36. The predicted molar refractivity (Wildman–Crippen MR) is 64.2 cm³/mol. The number of nitrogens with one attached hydrogen (secondary N) is 1. The molecule has 16 heavy (non-hydrogen) atoms. The van der Waals surface area contributed by atoms with Crippen molar-refractivity contribution < 1.29 is 4.74 Å². The number of morpholine rings is 1. The van der Waals surface area contributed by atoms with Crippen LogP contribution in [-0.4, -0.2) is 49.8 Å². The summed E-state index contributed by atoms with van der Waals surface area (Å²) in [7, 11) is 0.